The van der Waals surface area contributed by atoms with E-state index in [1.165, 1.54) is 31.2 Å². The summed E-state index contributed by atoms with van der Waals surface area (Å²) >= 11 is 12.4. The van der Waals surface area contributed by atoms with Crippen molar-refractivity contribution in [3.63, 3.8) is 0 Å². The van der Waals surface area contributed by atoms with E-state index >= 15 is 0 Å². The van der Waals surface area contributed by atoms with E-state index in [9.17, 15) is 0 Å². The van der Waals surface area contributed by atoms with Crippen LogP contribution in [0.3, 0.4) is 0 Å². The third-order valence-corrected chi connectivity index (χ3v) is 4.73. The minimum absolute atomic E-state index is 0.588. The highest BCUT2D eigenvalue weighted by Crippen LogP contribution is 2.41. The summed E-state index contributed by atoms with van der Waals surface area (Å²) in [6, 6.07) is 7.39. The SMILES string of the molecule is Clc1cccc(C2C[C@H]3CC[C@@H](C2)N3)c1Cl. The van der Waals surface area contributed by atoms with Gasteiger partial charge in [0.05, 0.1) is 10.0 Å². The van der Waals surface area contributed by atoms with E-state index in [2.05, 4.69) is 11.4 Å². The molecule has 3 heteroatoms. The van der Waals surface area contributed by atoms with Gasteiger partial charge in [-0.25, -0.2) is 0 Å². The van der Waals surface area contributed by atoms with Crippen molar-refractivity contribution in [1.82, 2.24) is 5.32 Å². The molecule has 0 aromatic heterocycles. The van der Waals surface area contributed by atoms with Crippen LogP contribution in [0.2, 0.25) is 10.0 Å². The van der Waals surface area contributed by atoms with Crippen molar-refractivity contribution >= 4 is 23.2 Å². The molecule has 2 aliphatic rings. The average Bonchev–Trinajstić information content (AvgIpc) is 2.62. The zero-order chi connectivity index (χ0) is 11.1. The van der Waals surface area contributed by atoms with Crippen LogP contribution in [0.25, 0.3) is 0 Å². The Kier molecular flexibility index (Phi) is 2.87. The Morgan fingerprint density at radius 2 is 1.75 bits per heavy atom. The first-order chi connectivity index (χ1) is 7.74. The average molecular weight is 256 g/mol. The van der Waals surface area contributed by atoms with Crippen LogP contribution in [-0.4, -0.2) is 12.1 Å². The highest BCUT2D eigenvalue weighted by molar-refractivity contribution is 6.42. The Morgan fingerprint density at radius 3 is 2.44 bits per heavy atom. The van der Waals surface area contributed by atoms with Crippen LogP contribution in [0.1, 0.15) is 37.2 Å². The van der Waals surface area contributed by atoms with Gasteiger partial charge >= 0.3 is 0 Å². The molecule has 2 bridgehead atoms. The zero-order valence-electron chi connectivity index (χ0n) is 9.05. The molecule has 3 rings (SSSR count). The van der Waals surface area contributed by atoms with E-state index in [-0.39, 0.29) is 0 Å². The lowest BCUT2D eigenvalue weighted by Gasteiger charge is -2.30. The van der Waals surface area contributed by atoms with Gasteiger partial charge in [0, 0.05) is 12.1 Å². The number of fused-ring (bicyclic) bond motifs is 2. The fourth-order valence-corrected chi connectivity index (χ4v) is 3.61. The van der Waals surface area contributed by atoms with Crippen LogP contribution in [0.5, 0.6) is 0 Å². The van der Waals surface area contributed by atoms with Crippen molar-refractivity contribution in [1.29, 1.82) is 0 Å². The van der Waals surface area contributed by atoms with Crippen LogP contribution < -0.4 is 5.32 Å². The summed E-state index contributed by atoms with van der Waals surface area (Å²) in [7, 11) is 0. The topological polar surface area (TPSA) is 12.0 Å². The van der Waals surface area contributed by atoms with E-state index in [4.69, 9.17) is 23.2 Å². The van der Waals surface area contributed by atoms with Crippen LogP contribution in [0, 0.1) is 0 Å². The van der Waals surface area contributed by atoms with E-state index in [1.54, 1.807) is 0 Å². The standard InChI is InChI=1S/C13H15Cl2N/c14-12-3-1-2-11(13(12)15)8-6-9-4-5-10(7-8)16-9/h1-3,8-10,16H,4-7H2/t8?,9-,10+. The van der Waals surface area contributed by atoms with Gasteiger partial charge in [-0.1, -0.05) is 35.3 Å². The maximum atomic E-state index is 6.29. The molecule has 16 heavy (non-hydrogen) atoms. The lowest BCUT2D eigenvalue weighted by Crippen LogP contribution is -2.37. The van der Waals surface area contributed by atoms with Gasteiger partial charge in [-0.2, -0.15) is 0 Å². The van der Waals surface area contributed by atoms with Crippen molar-refractivity contribution in [2.75, 3.05) is 0 Å². The Labute approximate surface area is 106 Å². The number of hydrogen-bond acceptors (Lipinski definition) is 1. The fourth-order valence-electron chi connectivity index (χ4n) is 3.15. The fraction of sp³-hybridized carbons (Fsp3) is 0.538. The summed E-state index contributed by atoms with van der Waals surface area (Å²) in [4.78, 5) is 0. The minimum atomic E-state index is 0.588. The maximum Gasteiger partial charge on any atom is 0.0627 e. The molecule has 1 aromatic carbocycles. The van der Waals surface area contributed by atoms with Crippen LogP contribution in [-0.2, 0) is 0 Å². The largest absolute Gasteiger partial charge is 0.311 e. The Hall–Kier alpha value is -0.240. The van der Waals surface area contributed by atoms with Gasteiger partial charge in [-0.3, -0.25) is 0 Å². The van der Waals surface area contributed by atoms with Gasteiger partial charge in [0.1, 0.15) is 0 Å². The third kappa shape index (κ3) is 1.85. The first-order valence-corrected chi connectivity index (χ1v) is 6.69. The van der Waals surface area contributed by atoms with Gasteiger partial charge < -0.3 is 5.32 Å². The molecule has 2 heterocycles. The normalized spacial score (nSPS) is 33.0. The molecule has 0 saturated carbocycles. The van der Waals surface area contributed by atoms with Crippen LogP contribution in [0.15, 0.2) is 18.2 Å². The molecule has 2 saturated heterocycles. The summed E-state index contributed by atoms with van der Waals surface area (Å²) in [6.07, 6.45) is 5.05. The molecule has 3 atom stereocenters. The molecule has 0 amide bonds. The number of nitrogens with one attached hydrogen (secondary N) is 1. The van der Waals surface area contributed by atoms with E-state index in [1.807, 2.05) is 12.1 Å². The summed E-state index contributed by atoms with van der Waals surface area (Å²) in [6.45, 7) is 0. The predicted molar refractivity (Wildman–Crippen MR) is 68.4 cm³/mol. The predicted octanol–water partition coefficient (Wildman–Crippen LogP) is 3.99. The van der Waals surface area contributed by atoms with Gasteiger partial charge in [0.25, 0.3) is 0 Å². The third-order valence-electron chi connectivity index (χ3n) is 3.89. The molecule has 2 fully saturated rings. The Balaban J connectivity index is 1.89. The molecule has 1 nitrogen and oxygen atoms in total. The van der Waals surface area contributed by atoms with Crippen molar-refractivity contribution < 1.29 is 0 Å². The molecular weight excluding hydrogens is 241 g/mol. The van der Waals surface area contributed by atoms with Gasteiger partial charge in [-0.15, -0.1) is 0 Å². The second kappa shape index (κ2) is 4.21. The summed E-state index contributed by atoms with van der Waals surface area (Å²) in [5, 5.41) is 5.09. The molecule has 1 aromatic rings. The lowest BCUT2D eigenvalue weighted by molar-refractivity contribution is 0.363. The summed E-state index contributed by atoms with van der Waals surface area (Å²) < 4.78 is 0. The van der Waals surface area contributed by atoms with Gasteiger partial charge in [0.2, 0.25) is 0 Å². The monoisotopic (exact) mass is 255 g/mol. The van der Waals surface area contributed by atoms with Gasteiger partial charge in [-0.05, 0) is 43.2 Å². The number of hydrogen-bond donors (Lipinski definition) is 1. The van der Waals surface area contributed by atoms with Crippen molar-refractivity contribution in [2.45, 2.75) is 43.7 Å². The van der Waals surface area contributed by atoms with Crippen LogP contribution in [0.4, 0.5) is 0 Å². The number of piperidine rings is 1. The Bertz CT molecular complexity index is 393. The molecule has 2 aliphatic heterocycles. The van der Waals surface area contributed by atoms with E-state index in [0.717, 1.165) is 5.02 Å². The summed E-state index contributed by atoms with van der Waals surface area (Å²) in [5.41, 5.74) is 1.24. The Morgan fingerprint density at radius 1 is 1.06 bits per heavy atom. The molecule has 0 spiro atoms. The molecule has 0 radical (unpaired) electrons. The molecule has 1 N–H and O–H groups in total. The first kappa shape index (κ1) is 10.9. The number of rotatable bonds is 1. The number of halogens is 2. The van der Waals surface area contributed by atoms with Crippen LogP contribution >= 0.6 is 23.2 Å². The molecule has 0 aliphatic carbocycles. The first-order valence-electron chi connectivity index (χ1n) is 5.94. The minimum Gasteiger partial charge on any atom is -0.311 e. The molecule has 1 unspecified atom stereocenters. The summed E-state index contributed by atoms with van der Waals surface area (Å²) in [5.74, 6) is 0.588. The van der Waals surface area contributed by atoms with Crippen molar-refractivity contribution in [2.24, 2.45) is 0 Å². The highest BCUT2D eigenvalue weighted by atomic mass is 35.5. The van der Waals surface area contributed by atoms with E-state index in [0.29, 0.717) is 23.0 Å². The highest BCUT2D eigenvalue weighted by Gasteiger charge is 2.34. The second-order valence-electron chi connectivity index (χ2n) is 4.95. The van der Waals surface area contributed by atoms with E-state index < -0.39 is 0 Å². The second-order valence-corrected chi connectivity index (χ2v) is 5.73. The lowest BCUT2D eigenvalue weighted by atomic mass is 9.86. The molecular formula is C13H15Cl2N. The molecule has 86 valence electrons. The quantitative estimate of drug-likeness (QED) is 0.801. The smallest absolute Gasteiger partial charge is 0.0627 e. The van der Waals surface area contributed by atoms with Crippen molar-refractivity contribution in [3.8, 4) is 0 Å². The zero-order valence-corrected chi connectivity index (χ0v) is 10.6. The number of benzene rings is 1. The maximum absolute atomic E-state index is 6.29. The van der Waals surface area contributed by atoms with Crippen molar-refractivity contribution in [3.05, 3.63) is 33.8 Å². The van der Waals surface area contributed by atoms with Gasteiger partial charge in [0.15, 0.2) is 0 Å².